The van der Waals surface area contributed by atoms with Gasteiger partial charge in [0.2, 0.25) is 0 Å². The van der Waals surface area contributed by atoms with Crippen molar-refractivity contribution in [2.75, 3.05) is 26.2 Å². The predicted molar refractivity (Wildman–Crippen MR) is 65.1 cm³/mol. The van der Waals surface area contributed by atoms with Crippen LogP contribution in [0.2, 0.25) is 0 Å². The molecule has 0 unspecified atom stereocenters. The van der Waals surface area contributed by atoms with Crippen LogP contribution in [0, 0.1) is 5.92 Å². The molecule has 0 aromatic heterocycles. The number of nitrogens with zero attached hydrogens (tertiary/aromatic N) is 1. The van der Waals surface area contributed by atoms with Gasteiger partial charge < -0.3 is 5.32 Å². The van der Waals surface area contributed by atoms with Crippen LogP contribution in [-0.4, -0.2) is 37.1 Å². The lowest BCUT2D eigenvalue weighted by Crippen LogP contribution is -2.57. The average Bonchev–Trinajstić information content (AvgIpc) is 2.23. The summed E-state index contributed by atoms with van der Waals surface area (Å²) < 4.78 is 0. The molecule has 0 aromatic rings. The monoisotopic (exact) mass is 210 g/mol. The fraction of sp³-hybridized carbons (Fsp3) is 1.00. The molecule has 2 fully saturated rings. The third-order valence-corrected chi connectivity index (χ3v) is 4.23. The molecule has 1 aliphatic carbocycles. The third kappa shape index (κ3) is 3.18. The smallest absolute Gasteiger partial charge is 0.0345 e. The van der Waals surface area contributed by atoms with Crippen LogP contribution in [0.25, 0.3) is 0 Å². The van der Waals surface area contributed by atoms with E-state index in [0.29, 0.717) is 0 Å². The minimum atomic E-state index is 0.846. The summed E-state index contributed by atoms with van der Waals surface area (Å²) >= 11 is 0. The van der Waals surface area contributed by atoms with E-state index in [0.717, 1.165) is 12.0 Å². The van der Waals surface area contributed by atoms with E-state index in [-0.39, 0.29) is 0 Å². The molecule has 0 aromatic carbocycles. The van der Waals surface area contributed by atoms with Crippen molar-refractivity contribution in [2.24, 2.45) is 5.92 Å². The molecule has 2 rings (SSSR count). The number of nitrogens with one attached hydrogen (secondary N) is 1. The molecule has 0 spiro atoms. The van der Waals surface area contributed by atoms with Crippen molar-refractivity contribution in [3.63, 3.8) is 0 Å². The Morgan fingerprint density at radius 1 is 1.13 bits per heavy atom. The lowest BCUT2D eigenvalue weighted by molar-refractivity contribution is 0.138. The van der Waals surface area contributed by atoms with E-state index in [1.54, 1.807) is 0 Å². The van der Waals surface area contributed by atoms with Crippen molar-refractivity contribution < 1.29 is 0 Å². The summed E-state index contributed by atoms with van der Waals surface area (Å²) in [7, 11) is 0. The van der Waals surface area contributed by atoms with Gasteiger partial charge in [0.15, 0.2) is 0 Å². The van der Waals surface area contributed by atoms with Gasteiger partial charge in [-0.1, -0.05) is 39.0 Å². The Balaban J connectivity index is 1.65. The van der Waals surface area contributed by atoms with Crippen LogP contribution >= 0.6 is 0 Å². The van der Waals surface area contributed by atoms with Gasteiger partial charge in [0.25, 0.3) is 0 Å². The molecule has 0 atom stereocenters. The second-order valence-corrected chi connectivity index (χ2v) is 5.23. The largest absolute Gasteiger partial charge is 0.314 e. The van der Waals surface area contributed by atoms with Crippen LogP contribution in [0.4, 0.5) is 0 Å². The van der Waals surface area contributed by atoms with Crippen molar-refractivity contribution >= 4 is 0 Å². The highest BCUT2D eigenvalue weighted by Crippen LogP contribution is 2.26. The number of rotatable bonds is 5. The second-order valence-electron chi connectivity index (χ2n) is 5.23. The lowest BCUT2D eigenvalue weighted by atomic mass is 9.87. The van der Waals surface area contributed by atoms with Gasteiger partial charge in [0, 0.05) is 19.1 Å². The molecule has 15 heavy (non-hydrogen) atoms. The van der Waals surface area contributed by atoms with E-state index in [9.17, 15) is 0 Å². The van der Waals surface area contributed by atoms with Gasteiger partial charge in [-0.15, -0.1) is 0 Å². The standard InChI is InChI=1S/C13H26N2/c1-2-15(13-10-14-11-13)9-8-12-6-4-3-5-7-12/h12-14H,2-11H2,1H3. The second kappa shape index (κ2) is 5.86. The summed E-state index contributed by atoms with van der Waals surface area (Å²) in [5, 5.41) is 3.37. The Hall–Kier alpha value is -0.0800. The van der Waals surface area contributed by atoms with Crippen LogP contribution in [0.1, 0.15) is 45.4 Å². The van der Waals surface area contributed by atoms with Crippen molar-refractivity contribution in [3.8, 4) is 0 Å². The van der Waals surface area contributed by atoms with E-state index >= 15 is 0 Å². The normalized spacial score (nSPS) is 24.4. The van der Waals surface area contributed by atoms with Crippen LogP contribution in [0.5, 0.6) is 0 Å². The molecule has 1 aliphatic heterocycles. The van der Waals surface area contributed by atoms with Crippen molar-refractivity contribution in [1.29, 1.82) is 0 Å². The molecule has 0 amide bonds. The van der Waals surface area contributed by atoms with Crippen molar-refractivity contribution in [2.45, 2.75) is 51.5 Å². The first-order chi connectivity index (χ1) is 7.40. The van der Waals surface area contributed by atoms with Gasteiger partial charge in [0.1, 0.15) is 0 Å². The van der Waals surface area contributed by atoms with Gasteiger partial charge in [-0.25, -0.2) is 0 Å². The Morgan fingerprint density at radius 2 is 1.87 bits per heavy atom. The van der Waals surface area contributed by atoms with Gasteiger partial charge in [-0.3, -0.25) is 4.90 Å². The van der Waals surface area contributed by atoms with E-state index in [4.69, 9.17) is 0 Å². The Morgan fingerprint density at radius 3 is 2.40 bits per heavy atom. The summed E-state index contributed by atoms with van der Waals surface area (Å²) in [6.45, 7) is 7.32. The fourth-order valence-corrected chi connectivity index (χ4v) is 2.95. The SMILES string of the molecule is CCN(CCC1CCCCC1)C1CNC1. The minimum Gasteiger partial charge on any atom is -0.314 e. The highest BCUT2D eigenvalue weighted by Gasteiger charge is 2.23. The van der Waals surface area contributed by atoms with Gasteiger partial charge >= 0.3 is 0 Å². The first kappa shape index (κ1) is 11.4. The summed E-state index contributed by atoms with van der Waals surface area (Å²) in [6, 6.07) is 0.846. The molecule has 1 saturated heterocycles. The Kier molecular flexibility index (Phi) is 4.45. The van der Waals surface area contributed by atoms with E-state index in [1.807, 2.05) is 0 Å². The molecule has 1 N–H and O–H groups in total. The average molecular weight is 210 g/mol. The summed E-state index contributed by atoms with van der Waals surface area (Å²) in [4.78, 5) is 2.67. The first-order valence-corrected chi connectivity index (χ1v) is 6.85. The van der Waals surface area contributed by atoms with Crippen molar-refractivity contribution in [1.82, 2.24) is 10.2 Å². The Bertz CT molecular complexity index is 171. The highest BCUT2D eigenvalue weighted by molar-refractivity contribution is 4.84. The molecule has 0 radical (unpaired) electrons. The van der Waals surface area contributed by atoms with E-state index < -0.39 is 0 Å². The maximum Gasteiger partial charge on any atom is 0.0345 e. The first-order valence-electron chi connectivity index (χ1n) is 6.85. The lowest BCUT2D eigenvalue weighted by Gasteiger charge is -2.38. The molecule has 88 valence electrons. The van der Waals surface area contributed by atoms with Crippen LogP contribution in [0.15, 0.2) is 0 Å². The van der Waals surface area contributed by atoms with Crippen molar-refractivity contribution in [3.05, 3.63) is 0 Å². The molecule has 2 nitrogen and oxygen atoms in total. The zero-order chi connectivity index (χ0) is 10.5. The van der Waals surface area contributed by atoms with Crippen LogP contribution in [-0.2, 0) is 0 Å². The zero-order valence-corrected chi connectivity index (χ0v) is 10.2. The molecule has 1 saturated carbocycles. The third-order valence-electron chi connectivity index (χ3n) is 4.23. The maximum atomic E-state index is 3.37. The quantitative estimate of drug-likeness (QED) is 0.749. The van der Waals surface area contributed by atoms with Gasteiger partial charge in [0.05, 0.1) is 0 Å². The number of likely N-dealkylation sites (N-methyl/N-ethyl adjacent to an activating group) is 1. The molecule has 0 bridgehead atoms. The number of hydrogen-bond acceptors (Lipinski definition) is 2. The summed E-state index contributed by atoms with van der Waals surface area (Å²) in [5.41, 5.74) is 0. The topological polar surface area (TPSA) is 15.3 Å². The van der Waals surface area contributed by atoms with E-state index in [1.165, 1.54) is 64.7 Å². The molecular weight excluding hydrogens is 184 g/mol. The van der Waals surface area contributed by atoms with Crippen LogP contribution in [0.3, 0.4) is 0 Å². The molecule has 2 aliphatic rings. The highest BCUT2D eigenvalue weighted by atomic mass is 15.2. The fourth-order valence-electron chi connectivity index (χ4n) is 2.95. The molecular formula is C13H26N2. The summed E-state index contributed by atoms with van der Waals surface area (Å²) in [6.07, 6.45) is 8.91. The molecule has 2 heteroatoms. The van der Waals surface area contributed by atoms with Gasteiger partial charge in [-0.05, 0) is 25.4 Å². The Labute approximate surface area is 94.4 Å². The van der Waals surface area contributed by atoms with E-state index in [2.05, 4.69) is 17.1 Å². The molecule has 1 heterocycles. The zero-order valence-electron chi connectivity index (χ0n) is 10.2. The number of hydrogen-bond donors (Lipinski definition) is 1. The van der Waals surface area contributed by atoms with Gasteiger partial charge in [-0.2, -0.15) is 0 Å². The summed E-state index contributed by atoms with van der Waals surface area (Å²) in [5.74, 6) is 1.04. The predicted octanol–water partition coefficient (Wildman–Crippen LogP) is 2.25. The van der Waals surface area contributed by atoms with Crippen LogP contribution < -0.4 is 5.32 Å². The minimum absolute atomic E-state index is 0.846. The maximum absolute atomic E-state index is 3.37.